The summed E-state index contributed by atoms with van der Waals surface area (Å²) in [6.07, 6.45) is 7.74. The molecule has 0 saturated heterocycles. The third-order valence-corrected chi connectivity index (χ3v) is 9.62. The lowest BCUT2D eigenvalue weighted by atomic mass is 9.96. The first-order valence-electron chi connectivity index (χ1n) is 17.1. The van der Waals surface area contributed by atoms with E-state index in [2.05, 4.69) is 151 Å². The summed E-state index contributed by atoms with van der Waals surface area (Å²) < 4.78 is 0. The summed E-state index contributed by atoms with van der Waals surface area (Å²) in [5, 5.41) is 9.23. The van der Waals surface area contributed by atoms with Crippen LogP contribution in [0.15, 0.2) is 158 Å². The third kappa shape index (κ3) is 5.34. The maximum atomic E-state index is 5.28. The Kier molecular flexibility index (Phi) is 7.48. The molecule has 0 aliphatic rings. The SMILES string of the molecule is C=Cc1cc(-c2ccc(-c3nc(-c4cc5ccccc5c5ccccc45)nc(-c4cc5ccccc5c5ccccc45)n3)cc2)cnc1/C=C\C. The normalized spacial score (nSPS) is 11.6. The Labute approximate surface area is 296 Å². The van der Waals surface area contributed by atoms with Crippen LogP contribution in [0.25, 0.3) is 101 Å². The smallest absolute Gasteiger partial charge is 0.164 e. The first kappa shape index (κ1) is 30.3. The van der Waals surface area contributed by atoms with E-state index >= 15 is 0 Å². The molecular formula is C47H32N4. The molecule has 0 aliphatic carbocycles. The van der Waals surface area contributed by atoms with Crippen molar-refractivity contribution in [3.8, 4) is 45.3 Å². The number of nitrogens with zero attached hydrogens (tertiary/aromatic N) is 4. The van der Waals surface area contributed by atoms with Crippen LogP contribution in [0.3, 0.4) is 0 Å². The van der Waals surface area contributed by atoms with Gasteiger partial charge < -0.3 is 0 Å². The second kappa shape index (κ2) is 12.6. The van der Waals surface area contributed by atoms with Gasteiger partial charge in [0.1, 0.15) is 0 Å². The Morgan fingerprint density at radius 2 is 0.941 bits per heavy atom. The van der Waals surface area contributed by atoms with Crippen molar-refractivity contribution in [2.24, 2.45) is 0 Å². The molecule has 9 aromatic rings. The van der Waals surface area contributed by atoms with Crippen LogP contribution in [-0.2, 0) is 0 Å². The van der Waals surface area contributed by atoms with E-state index in [-0.39, 0.29) is 0 Å². The second-order valence-corrected chi connectivity index (χ2v) is 12.7. The fourth-order valence-corrected chi connectivity index (χ4v) is 7.15. The average Bonchev–Trinajstić information content (AvgIpc) is 3.20. The number of pyridine rings is 1. The average molecular weight is 653 g/mol. The van der Waals surface area contributed by atoms with Crippen molar-refractivity contribution in [2.75, 3.05) is 0 Å². The fourth-order valence-electron chi connectivity index (χ4n) is 7.15. The summed E-state index contributed by atoms with van der Waals surface area (Å²) in [6, 6.07) is 48.9. The number of allylic oxidation sites excluding steroid dienone is 1. The van der Waals surface area contributed by atoms with Gasteiger partial charge in [0.05, 0.1) is 5.69 Å². The lowest BCUT2D eigenvalue weighted by Gasteiger charge is -2.14. The molecule has 9 rings (SSSR count). The largest absolute Gasteiger partial charge is 0.256 e. The Balaban J connectivity index is 1.27. The molecule has 0 radical (unpaired) electrons. The first-order valence-corrected chi connectivity index (χ1v) is 17.1. The monoisotopic (exact) mass is 652 g/mol. The molecule has 0 amide bonds. The van der Waals surface area contributed by atoms with E-state index in [1.54, 1.807) is 0 Å². The predicted octanol–water partition coefficient (Wildman–Crippen LogP) is 12.2. The van der Waals surface area contributed by atoms with E-state index in [0.717, 1.165) is 60.6 Å². The molecule has 4 nitrogen and oxygen atoms in total. The molecule has 2 heterocycles. The van der Waals surface area contributed by atoms with Crippen molar-refractivity contribution in [1.82, 2.24) is 19.9 Å². The van der Waals surface area contributed by atoms with Gasteiger partial charge in [0.25, 0.3) is 0 Å². The molecule has 0 fully saturated rings. The molecule has 0 N–H and O–H groups in total. The second-order valence-electron chi connectivity index (χ2n) is 12.7. The minimum Gasteiger partial charge on any atom is -0.256 e. The summed E-state index contributed by atoms with van der Waals surface area (Å²) >= 11 is 0. The van der Waals surface area contributed by atoms with Crippen LogP contribution in [0.1, 0.15) is 18.2 Å². The van der Waals surface area contributed by atoms with Gasteiger partial charge in [-0.2, -0.15) is 0 Å². The minimum absolute atomic E-state index is 0.615. The van der Waals surface area contributed by atoms with Crippen LogP contribution in [0.4, 0.5) is 0 Å². The molecule has 0 aliphatic heterocycles. The molecule has 0 atom stereocenters. The van der Waals surface area contributed by atoms with Gasteiger partial charge in [0.2, 0.25) is 0 Å². The van der Waals surface area contributed by atoms with Crippen molar-refractivity contribution in [3.63, 3.8) is 0 Å². The zero-order valence-corrected chi connectivity index (χ0v) is 28.1. The standard InChI is InChI=1S/C47H32N4/c1-3-13-44-30(4-2)26-35(29-48-44)31-22-24-32(25-23-31)45-49-46(42-27-33-14-5-7-16-36(33)38-18-9-11-20-40(38)42)51-47(50-45)43-28-34-15-6-8-17-37(34)39-19-10-12-21-41(39)43/h3-29H,2H2,1H3/b13-3-. The van der Waals surface area contributed by atoms with Gasteiger partial charge in [0, 0.05) is 34.0 Å². The Bertz CT molecular complexity index is 2700. The maximum Gasteiger partial charge on any atom is 0.164 e. The van der Waals surface area contributed by atoms with E-state index < -0.39 is 0 Å². The number of rotatable bonds is 6. The highest BCUT2D eigenvalue weighted by atomic mass is 15.0. The highest BCUT2D eigenvalue weighted by Crippen LogP contribution is 2.38. The molecule has 2 aromatic heterocycles. The number of aromatic nitrogens is 4. The Hall–Kier alpha value is -6.78. The molecule has 4 heteroatoms. The van der Waals surface area contributed by atoms with Gasteiger partial charge in [-0.05, 0) is 79.9 Å². The highest BCUT2D eigenvalue weighted by Gasteiger charge is 2.18. The van der Waals surface area contributed by atoms with E-state index in [1.165, 1.54) is 21.5 Å². The van der Waals surface area contributed by atoms with Crippen molar-refractivity contribution in [1.29, 1.82) is 0 Å². The van der Waals surface area contributed by atoms with E-state index in [1.807, 2.05) is 31.3 Å². The summed E-state index contributed by atoms with van der Waals surface area (Å²) in [5.41, 5.74) is 6.82. The molecular weight excluding hydrogens is 621 g/mol. The van der Waals surface area contributed by atoms with Gasteiger partial charge in [-0.15, -0.1) is 0 Å². The zero-order chi connectivity index (χ0) is 34.3. The minimum atomic E-state index is 0.615. The summed E-state index contributed by atoms with van der Waals surface area (Å²) in [4.78, 5) is 20.4. The molecule has 7 aromatic carbocycles. The number of hydrogen-bond acceptors (Lipinski definition) is 4. The quantitative estimate of drug-likeness (QED) is 0.168. The van der Waals surface area contributed by atoms with Gasteiger partial charge in [-0.3, -0.25) is 4.98 Å². The van der Waals surface area contributed by atoms with Gasteiger partial charge in [-0.25, -0.2) is 15.0 Å². The predicted molar refractivity (Wildman–Crippen MR) is 214 cm³/mol. The van der Waals surface area contributed by atoms with Crippen molar-refractivity contribution < 1.29 is 0 Å². The summed E-state index contributed by atoms with van der Waals surface area (Å²) in [7, 11) is 0. The highest BCUT2D eigenvalue weighted by molar-refractivity contribution is 6.14. The number of hydrogen-bond donors (Lipinski definition) is 0. The van der Waals surface area contributed by atoms with Crippen LogP contribution >= 0.6 is 0 Å². The number of benzene rings is 7. The molecule has 0 spiro atoms. The van der Waals surface area contributed by atoms with Gasteiger partial charge in [0.15, 0.2) is 17.5 Å². The lowest BCUT2D eigenvalue weighted by molar-refractivity contribution is 1.08. The van der Waals surface area contributed by atoms with Gasteiger partial charge in [-0.1, -0.05) is 140 Å². The van der Waals surface area contributed by atoms with Crippen LogP contribution in [0.2, 0.25) is 0 Å². The van der Waals surface area contributed by atoms with Gasteiger partial charge >= 0.3 is 0 Å². The summed E-state index contributed by atoms with van der Waals surface area (Å²) in [6.45, 7) is 5.99. The molecule has 51 heavy (non-hydrogen) atoms. The molecule has 240 valence electrons. The molecule has 0 saturated carbocycles. The lowest BCUT2D eigenvalue weighted by Crippen LogP contribution is -2.01. The Morgan fingerprint density at radius 1 is 0.471 bits per heavy atom. The molecule has 0 bridgehead atoms. The van der Waals surface area contributed by atoms with E-state index in [9.17, 15) is 0 Å². The van der Waals surface area contributed by atoms with Crippen molar-refractivity contribution in [3.05, 3.63) is 170 Å². The summed E-state index contributed by atoms with van der Waals surface area (Å²) in [5.74, 6) is 1.89. The fraction of sp³-hybridized carbons (Fsp3) is 0.0213. The maximum absolute atomic E-state index is 5.28. The third-order valence-electron chi connectivity index (χ3n) is 9.62. The van der Waals surface area contributed by atoms with E-state index in [4.69, 9.17) is 15.0 Å². The van der Waals surface area contributed by atoms with Crippen molar-refractivity contribution >= 4 is 55.2 Å². The van der Waals surface area contributed by atoms with Crippen LogP contribution in [0.5, 0.6) is 0 Å². The van der Waals surface area contributed by atoms with E-state index in [0.29, 0.717) is 17.5 Å². The molecule has 0 unspecified atom stereocenters. The van der Waals surface area contributed by atoms with Crippen LogP contribution in [0, 0.1) is 0 Å². The topological polar surface area (TPSA) is 51.6 Å². The zero-order valence-electron chi connectivity index (χ0n) is 28.1. The Morgan fingerprint density at radius 3 is 1.47 bits per heavy atom. The van der Waals surface area contributed by atoms with Crippen molar-refractivity contribution in [2.45, 2.75) is 6.92 Å². The first-order chi connectivity index (χ1) is 25.2. The van der Waals surface area contributed by atoms with Crippen LogP contribution < -0.4 is 0 Å². The number of fused-ring (bicyclic) bond motifs is 6. The van der Waals surface area contributed by atoms with Crippen LogP contribution in [-0.4, -0.2) is 19.9 Å².